The van der Waals surface area contributed by atoms with Crippen LogP contribution in [0.2, 0.25) is 0 Å². The predicted molar refractivity (Wildman–Crippen MR) is 101 cm³/mol. The van der Waals surface area contributed by atoms with E-state index in [0.717, 1.165) is 38.5 Å². The number of hydrogen-bond donors (Lipinski definition) is 3. The zero-order valence-electron chi connectivity index (χ0n) is 16.7. The van der Waals surface area contributed by atoms with Crippen LogP contribution in [-0.2, 0) is 4.74 Å². The van der Waals surface area contributed by atoms with Crippen molar-refractivity contribution < 1.29 is 20.1 Å². The molecule has 1 saturated heterocycles. The molecule has 0 bridgehead atoms. The van der Waals surface area contributed by atoms with Crippen LogP contribution in [0.3, 0.4) is 0 Å². The quantitative estimate of drug-likeness (QED) is 0.563. The minimum Gasteiger partial charge on any atom is -0.508 e. The number of fused-ring (bicyclic) bond motifs is 4. The maximum Gasteiger partial charge on any atom is 0.146 e. The van der Waals surface area contributed by atoms with Gasteiger partial charge in [-0.15, -0.1) is 0 Å². The smallest absolute Gasteiger partial charge is 0.146 e. The van der Waals surface area contributed by atoms with Gasteiger partial charge in [-0.2, -0.15) is 5.26 Å². The summed E-state index contributed by atoms with van der Waals surface area (Å²) >= 11 is 0. The minimum absolute atomic E-state index is 0.0489. The van der Waals surface area contributed by atoms with E-state index >= 15 is 0 Å². The number of aliphatic hydroxyl groups is 3. The Labute approximate surface area is 162 Å². The van der Waals surface area contributed by atoms with Gasteiger partial charge in [0, 0.05) is 12.0 Å². The largest absolute Gasteiger partial charge is 0.508 e. The summed E-state index contributed by atoms with van der Waals surface area (Å²) in [7, 11) is 0. The standard InChI is InChI=1S/C20H27NO3.C2H6O/c1-18-7-6-14-12(13(18)3-4-15(18)22)5-8-20-17(24-20)16(23)11(10-21)9-19(14,20)2;1-2-3/h12-15,17,22-23H,3-9H2,1-2H3;3H,2H2,1H3/t12-,13-,14-,15-,17+,18-,19+,20+;/m0./s1. The summed E-state index contributed by atoms with van der Waals surface area (Å²) in [5.41, 5.74) is 0.336. The van der Waals surface area contributed by atoms with E-state index in [0.29, 0.717) is 29.7 Å². The van der Waals surface area contributed by atoms with Gasteiger partial charge in [0.1, 0.15) is 17.5 Å². The Kier molecular flexibility index (Phi) is 4.42. The maximum atomic E-state index is 10.5. The first-order valence-corrected chi connectivity index (χ1v) is 10.6. The Morgan fingerprint density at radius 1 is 1.15 bits per heavy atom. The van der Waals surface area contributed by atoms with E-state index in [1.165, 1.54) is 0 Å². The summed E-state index contributed by atoms with van der Waals surface area (Å²) < 4.78 is 6.11. The molecular weight excluding hydrogens is 342 g/mol. The number of epoxide rings is 1. The monoisotopic (exact) mass is 375 g/mol. The molecule has 5 heteroatoms. The second-order valence-electron chi connectivity index (χ2n) is 9.83. The molecule has 5 rings (SSSR count). The van der Waals surface area contributed by atoms with Crippen LogP contribution in [0.5, 0.6) is 0 Å². The van der Waals surface area contributed by atoms with Gasteiger partial charge in [0.2, 0.25) is 0 Å². The highest BCUT2D eigenvalue weighted by Gasteiger charge is 2.76. The summed E-state index contributed by atoms with van der Waals surface area (Å²) in [4.78, 5) is 0. The minimum atomic E-state index is -0.241. The number of nitrogens with zero attached hydrogens (tertiary/aromatic N) is 1. The van der Waals surface area contributed by atoms with Crippen molar-refractivity contribution in [2.24, 2.45) is 28.6 Å². The molecule has 0 radical (unpaired) electrons. The third-order valence-electron chi connectivity index (χ3n) is 8.95. The van der Waals surface area contributed by atoms with E-state index in [-0.39, 0.29) is 41.0 Å². The van der Waals surface area contributed by atoms with Gasteiger partial charge >= 0.3 is 0 Å². The van der Waals surface area contributed by atoms with Crippen molar-refractivity contribution in [2.75, 3.05) is 6.61 Å². The highest BCUT2D eigenvalue weighted by Crippen LogP contribution is 2.73. The van der Waals surface area contributed by atoms with Gasteiger partial charge in [-0.25, -0.2) is 0 Å². The molecule has 0 aromatic carbocycles. The van der Waals surface area contributed by atoms with Crippen molar-refractivity contribution in [2.45, 2.75) is 83.5 Å². The fraction of sp³-hybridized carbons (Fsp3) is 0.864. The number of ether oxygens (including phenoxy) is 1. The van der Waals surface area contributed by atoms with Crippen LogP contribution in [0.15, 0.2) is 11.3 Å². The van der Waals surface area contributed by atoms with E-state index in [9.17, 15) is 15.5 Å². The van der Waals surface area contributed by atoms with Crippen LogP contribution >= 0.6 is 0 Å². The van der Waals surface area contributed by atoms with Gasteiger partial charge < -0.3 is 20.1 Å². The number of allylic oxidation sites excluding steroid dienone is 1. The average Bonchev–Trinajstić information content (AvgIpc) is 3.31. The summed E-state index contributed by atoms with van der Waals surface area (Å²) in [5, 5.41) is 37.9. The fourth-order valence-corrected chi connectivity index (χ4v) is 7.50. The molecule has 3 saturated carbocycles. The zero-order chi connectivity index (χ0) is 19.6. The molecule has 0 amide bonds. The van der Waals surface area contributed by atoms with Crippen LogP contribution in [0.25, 0.3) is 0 Å². The maximum absolute atomic E-state index is 10.5. The van der Waals surface area contributed by atoms with E-state index in [1.807, 2.05) is 0 Å². The third kappa shape index (κ3) is 2.33. The molecule has 8 atom stereocenters. The fourth-order valence-electron chi connectivity index (χ4n) is 7.50. The lowest BCUT2D eigenvalue weighted by molar-refractivity contribution is -0.116. The molecule has 4 aliphatic carbocycles. The molecule has 0 aromatic heterocycles. The molecule has 0 aromatic rings. The van der Waals surface area contributed by atoms with Crippen molar-refractivity contribution in [1.82, 2.24) is 0 Å². The Bertz CT molecular complexity index is 699. The molecule has 1 spiro atoms. The Balaban J connectivity index is 0.000000565. The molecular formula is C22H33NO4. The van der Waals surface area contributed by atoms with Gasteiger partial charge in [0.05, 0.1) is 17.7 Å². The molecule has 5 nitrogen and oxygen atoms in total. The topological polar surface area (TPSA) is 97.0 Å². The first-order valence-electron chi connectivity index (χ1n) is 10.6. The van der Waals surface area contributed by atoms with E-state index < -0.39 is 0 Å². The van der Waals surface area contributed by atoms with E-state index in [1.54, 1.807) is 6.92 Å². The van der Waals surface area contributed by atoms with Crippen molar-refractivity contribution in [1.29, 1.82) is 5.26 Å². The van der Waals surface area contributed by atoms with Crippen LogP contribution in [0.1, 0.15) is 65.7 Å². The molecule has 150 valence electrons. The van der Waals surface area contributed by atoms with Crippen molar-refractivity contribution in [3.8, 4) is 6.07 Å². The summed E-state index contributed by atoms with van der Waals surface area (Å²) in [6.07, 6.45) is 6.65. The van der Waals surface area contributed by atoms with Gasteiger partial charge in [-0.1, -0.05) is 13.8 Å². The molecule has 5 aliphatic rings. The first kappa shape index (κ1) is 19.2. The lowest BCUT2D eigenvalue weighted by atomic mass is 9.45. The molecule has 0 unspecified atom stereocenters. The molecule has 4 fully saturated rings. The Morgan fingerprint density at radius 2 is 1.85 bits per heavy atom. The zero-order valence-corrected chi connectivity index (χ0v) is 16.7. The number of aliphatic hydroxyl groups excluding tert-OH is 3. The van der Waals surface area contributed by atoms with Crippen LogP contribution < -0.4 is 0 Å². The number of nitriles is 1. The second-order valence-corrected chi connectivity index (χ2v) is 9.83. The van der Waals surface area contributed by atoms with Crippen LogP contribution in [-0.4, -0.2) is 39.7 Å². The lowest BCUT2D eigenvalue weighted by Crippen LogP contribution is -2.57. The lowest BCUT2D eigenvalue weighted by Gasteiger charge is -2.58. The van der Waals surface area contributed by atoms with E-state index in [2.05, 4.69) is 19.9 Å². The highest BCUT2D eigenvalue weighted by atomic mass is 16.6. The van der Waals surface area contributed by atoms with E-state index in [4.69, 9.17) is 9.84 Å². The summed E-state index contributed by atoms with van der Waals surface area (Å²) in [6, 6.07) is 2.23. The number of rotatable bonds is 0. The second kappa shape index (κ2) is 6.20. The summed E-state index contributed by atoms with van der Waals surface area (Å²) in [6.45, 7) is 6.53. The van der Waals surface area contributed by atoms with Crippen molar-refractivity contribution in [3.63, 3.8) is 0 Å². The molecule has 1 heterocycles. The molecule has 3 N–H and O–H groups in total. The SMILES string of the molecule is CCO.C[C@]12CC[C@H]3[C@@H](CC[C@@]45O[C@@H]4C(O)=C(C#N)C[C@]35C)[C@@H]1CC[C@@H]2O. The first-order chi connectivity index (χ1) is 12.8. The molecule has 27 heavy (non-hydrogen) atoms. The average molecular weight is 376 g/mol. The van der Waals surface area contributed by atoms with Gasteiger partial charge in [-0.3, -0.25) is 0 Å². The predicted octanol–water partition coefficient (Wildman–Crippen LogP) is 3.47. The Hall–Kier alpha value is -1.09. The van der Waals surface area contributed by atoms with Gasteiger partial charge in [0.15, 0.2) is 0 Å². The third-order valence-corrected chi connectivity index (χ3v) is 8.95. The normalized spacial score (nSPS) is 52.4. The molecule has 1 aliphatic heterocycles. The van der Waals surface area contributed by atoms with Crippen LogP contribution in [0, 0.1) is 39.9 Å². The van der Waals surface area contributed by atoms with Crippen molar-refractivity contribution in [3.05, 3.63) is 11.3 Å². The van der Waals surface area contributed by atoms with Gasteiger partial charge in [0.25, 0.3) is 0 Å². The Morgan fingerprint density at radius 3 is 2.52 bits per heavy atom. The van der Waals surface area contributed by atoms with Crippen LogP contribution in [0.4, 0.5) is 0 Å². The number of hydrogen-bond acceptors (Lipinski definition) is 5. The summed E-state index contributed by atoms with van der Waals surface area (Å²) in [5.74, 6) is 1.96. The van der Waals surface area contributed by atoms with Crippen molar-refractivity contribution >= 4 is 0 Å². The highest BCUT2D eigenvalue weighted by molar-refractivity contribution is 5.41. The van der Waals surface area contributed by atoms with Gasteiger partial charge in [-0.05, 0) is 75.0 Å².